The fourth-order valence-corrected chi connectivity index (χ4v) is 8.25. The second-order valence-electron chi connectivity index (χ2n) is 19.2. The van der Waals surface area contributed by atoms with Crippen LogP contribution in [0, 0.1) is 0 Å². The van der Waals surface area contributed by atoms with Crippen molar-refractivity contribution in [2.45, 2.75) is 297 Å². The molecule has 0 aliphatic heterocycles. The lowest BCUT2D eigenvalue weighted by Gasteiger charge is -2.18. The van der Waals surface area contributed by atoms with Crippen LogP contribution >= 0.6 is 0 Å². The van der Waals surface area contributed by atoms with Crippen LogP contribution in [0.4, 0.5) is 0 Å². The molecule has 0 saturated heterocycles. The highest BCUT2D eigenvalue weighted by atomic mass is 16.6. The number of ether oxygens (including phenoxy) is 3. The van der Waals surface area contributed by atoms with Gasteiger partial charge in [-0.3, -0.25) is 14.4 Å². The van der Waals surface area contributed by atoms with Gasteiger partial charge < -0.3 is 14.2 Å². The molecule has 0 aliphatic carbocycles. The fourth-order valence-electron chi connectivity index (χ4n) is 8.25. The summed E-state index contributed by atoms with van der Waals surface area (Å²) >= 11 is 0. The van der Waals surface area contributed by atoms with Crippen molar-refractivity contribution in [3.8, 4) is 0 Å². The molecule has 0 aliphatic rings. The zero-order chi connectivity index (χ0) is 48.6. The lowest BCUT2D eigenvalue weighted by molar-refractivity contribution is -0.167. The van der Waals surface area contributed by atoms with Gasteiger partial charge in [0.05, 0.1) is 0 Å². The first-order valence-electron chi connectivity index (χ1n) is 28.8. The van der Waals surface area contributed by atoms with Gasteiger partial charge in [0.25, 0.3) is 0 Å². The lowest BCUT2D eigenvalue weighted by Crippen LogP contribution is -2.30. The van der Waals surface area contributed by atoms with Crippen LogP contribution in [0.15, 0.2) is 60.8 Å². The van der Waals surface area contributed by atoms with E-state index < -0.39 is 6.10 Å². The molecule has 0 bridgehead atoms. The number of unbranched alkanes of at least 4 members (excludes halogenated alkanes) is 33. The maximum Gasteiger partial charge on any atom is 0.306 e. The molecule has 67 heavy (non-hydrogen) atoms. The number of rotatable bonds is 52. The molecule has 0 radical (unpaired) electrons. The topological polar surface area (TPSA) is 78.9 Å². The summed E-state index contributed by atoms with van der Waals surface area (Å²) in [7, 11) is 0. The third-order valence-electron chi connectivity index (χ3n) is 12.6. The fraction of sp³-hybridized carbons (Fsp3) is 0.787. The van der Waals surface area contributed by atoms with Gasteiger partial charge in [0.1, 0.15) is 13.2 Å². The summed E-state index contributed by atoms with van der Waals surface area (Å²) in [6.07, 6.45) is 69.3. The molecule has 0 aromatic heterocycles. The summed E-state index contributed by atoms with van der Waals surface area (Å²) in [5.41, 5.74) is 0. The standard InChI is InChI=1S/C61H108O6/c1-4-7-10-13-16-19-22-25-27-29-31-33-34-36-39-42-45-48-51-54-60(63)66-57-58(56-65-59(62)53-50-47-44-41-38-24-21-18-15-12-9-6-3)67-61(64)55-52-49-46-43-40-37-35-32-30-28-26-23-20-17-14-11-8-5-2/h9,12,18,21,23,26,28,30,32,35,58H,4-8,10-11,13-17,19-20,22,24-25,27,29,31,33-34,36-57H2,1-3H3/b12-9-,21-18-,26-23-,30-28-,35-32-. The minimum absolute atomic E-state index is 0.0849. The van der Waals surface area contributed by atoms with Crippen molar-refractivity contribution in [2.75, 3.05) is 13.2 Å². The van der Waals surface area contributed by atoms with Crippen LogP contribution in [0.2, 0.25) is 0 Å². The summed E-state index contributed by atoms with van der Waals surface area (Å²) in [6.45, 7) is 6.51. The summed E-state index contributed by atoms with van der Waals surface area (Å²) in [5, 5.41) is 0. The molecular formula is C61H108O6. The summed E-state index contributed by atoms with van der Waals surface area (Å²) in [6, 6.07) is 0. The third kappa shape index (κ3) is 53.9. The number of carbonyl (C=O) groups excluding carboxylic acids is 3. The van der Waals surface area contributed by atoms with E-state index in [4.69, 9.17) is 14.2 Å². The predicted molar refractivity (Wildman–Crippen MR) is 288 cm³/mol. The Kier molecular flexibility index (Phi) is 53.3. The Morgan fingerprint density at radius 2 is 0.642 bits per heavy atom. The van der Waals surface area contributed by atoms with Crippen LogP contribution in [0.1, 0.15) is 290 Å². The number of hydrogen-bond acceptors (Lipinski definition) is 6. The molecule has 1 unspecified atom stereocenters. The predicted octanol–water partition coefficient (Wildman–Crippen LogP) is 19.2. The average Bonchev–Trinajstić information content (AvgIpc) is 3.33. The SMILES string of the molecule is CC/C=C\C/C=C\CCCCCCCC(=O)OCC(COC(=O)CCCCCCCCCCCCCCCCCCCCC)OC(=O)CCCCCCC\C=C/C=C\C=C/CCCCCCC. The third-order valence-corrected chi connectivity index (χ3v) is 12.6. The van der Waals surface area contributed by atoms with Crippen molar-refractivity contribution in [1.82, 2.24) is 0 Å². The first-order valence-corrected chi connectivity index (χ1v) is 28.8. The average molecular weight is 938 g/mol. The zero-order valence-corrected chi connectivity index (χ0v) is 44.4. The van der Waals surface area contributed by atoms with E-state index in [1.165, 1.54) is 135 Å². The molecule has 0 fully saturated rings. The second-order valence-corrected chi connectivity index (χ2v) is 19.2. The summed E-state index contributed by atoms with van der Waals surface area (Å²) in [5.74, 6) is -0.909. The van der Waals surface area contributed by atoms with E-state index >= 15 is 0 Å². The number of esters is 3. The van der Waals surface area contributed by atoms with Crippen molar-refractivity contribution in [1.29, 1.82) is 0 Å². The molecule has 0 N–H and O–H groups in total. The first kappa shape index (κ1) is 64.1. The molecular weight excluding hydrogens is 829 g/mol. The molecule has 388 valence electrons. The van der Waals surface area contributed by atoms with Gasteiger partial charge in [-0.1, -0.05) is 261 Å². The monoisotopic (exact) mass is 937 g/mol. The zero-order valence-electron chi connectivity index (χ0n) is 44.4. The van der Waals surface area contributed by atoms with Crippen LogP contribution in [-0.2, 0) is 28.6 Å². The molecule has 0 saturated carbocycles. The van der Waals surface area contributed by atoms with Gasteiger partial charge in [0.15, 0.2) is 6.10 Å². The molecule has 1 atom stereocenters. The van der Waals surface area contributed by atoms with Crippen molar-refractivity contribution >= 4 is 17.9 Å². The van der Waals surface area contributed by atoms with Crippen molar-refractivity contribution in [2.24, 2.45) is 0 Å². The van der Waals surface area contributed by atoms with Crippen LogP contribution < -0.4 is 0 Å². The Labute approximate surface area is 415 Å². The smallest absolute Gasteiger partial charge is 0.306 e. The van der Waals surface area contributed by atoms with Crippen molar-refractivity contribution in [3.63, 3.8) is 0 Å². The first-order chi connectivity index (χ1) is 33.0. The molecule has 0 heterocycles. The Bertz CT molecular complexity index is 1210. The van der Waals surface area contributed by atoms with Crippen LogP contribution in [0.5, 0.6) is 0 Å². The molecule has 0 aromatic carbocycles. The van der Waals surface area contributed by atoms with Gasteiger partial charge in [-0.15, -0.1) is 0 Å². The van der Waals surface area contributed by atoms with E-state index in [2.05, 4.69) is 81.5 Å². The van der Waals surface area contributed by atoms with Gasteiger partial charge >= 0.3 is 17.9 Å². The molecule has 0 aromatic rings. The van der Waals surface area contributed by atoms with E-state index in [9.17, 15) is 14.4 Å². The molecule has 0 spiro atoms. The number of hydrogen-bond donors (Lipinski definition) is 0. The van der Waals surface area contributed by atoms with Crippen molar-refractivity contribution < 1.29 is 28.6 Å². The maximum atomic E-state index is 12.8. The quantitative estimate of drug-likeness (QED) is 0.0199. The highest BCUT2D eigenvalue weighted by Crippen LogP contribution is 2.16. The van der Waals surface area contributed by atoms with Crippen LogP contribution in [0.3, 0.4) is 0 Å². The van der Waals surface area contributed by atoms with Crippen LogP contribution in [-0.4, -0.2) is 37.2 Å². The normalized spacial score (nSPS) is 12.5. The molecule has 6 heteroatoms. The maximum absolute atomic E-state index is 12.8. The Balaban J connectivity index is 4.37. The van der Waals surface area contributed by atoms with Gasteiger partial charge in [-0.05, 0) is 70.6 Å². The number of allylic oxidation sites excluding steroid dienone is 10. The molecule has 0 amide bonds. The van der Waals surface area contributed by atoms with Gasteiger partial charge in [-0.25, -0.2) is 0 Å². The lowest BCUT2D eigenvalue weighted by atomic mass is 10.0. The Morgan fingerprint density at radius 1 is 0.328 bits per heavy atom. The minimum atomic E-state index is -0.789. The highest BCUT2D eigenvalue weighted by Gasteiger charge is 2.19. The number of carbonyl (C=O) groups is 3. The van der Waals surface area contributed by atoms with Gasteiger partial charge in [0, 0.05) is 19.3 Å². The molecule has 0 rings (SSSR count). The van der Waals surface area contributed by atoms with E-state index in [1.54, 1.807) is 0 Å². The van der Waals surface area contributed by atoms with Gasteiger partial charge in [-0.2, -0.15) is 0 Å². The molecule has 6 nitrogen and oxygen atoms in total. The minimum Gasteiger partial charge on any atom is -0.462 e. The Morgan fingerprint density at radius 3 is 1.01 bits per heavy atom. The Hall–Kier alpha value is -2.89. The highest BCUT2D eigenvalue weighted by molar-refractivity contribution is 5.71. The van der Waals surface area contributed by atoms with Gasteiger partial charge in [0.2, 0.25) is 0 Å². The van der Waals surface area contributed by atoms with E-state index in [1.807, 2.05) is 0 Å². The summed E-state index contributed by atoms with van der Waals surface area (Å²) < 4.78 is 16.8. The van der Waals surface area contributed by atoms with Crippen molar-refractivity contribution in [3.05, 3.63) is 60.8 Å². The summed E-state index contributed by atoms with van der Waals surface area (Å²) in [4.78, 5) is 38.1. The second kappa shape index (κ2) is 55.7. The largest absolute Gasteiger partial charge is 0.462 e. The van der Waals surface area contributed by atoms with Crippen LogP contribution in [0.25, 0.3) is 0 Å². The van der Waals surface area contributed by atoms with E-state index in [0.717, 1.165) is 116 Å². The van der Waals surface area contributed by atoms with E-state index in [-0.39, 0.29) is 31.1 Å². The van der Waals surface area contributed by atoms with E-state index in [0.29, 0.717) is 19.3 Å².